The van der Waals surface area contributed by atoms with Crippen molar-refractivity contribution in [1.82, 2.24) is 0 Å². The van der Waals surface area contributed by atoms with Crippen LogP contribution in [-0.4, -0.2) is 22.6 Å². The molecule has 1 N–H and O–H groups in total. The summed E-state index contributed by atoms with van der Waals surface area (Å²) in [6, 6.07) is 0. The zero-order valence-corrected chi connectivity index (χ0v) is 16.8. The van der Waals surface area contributed by atoms with Crippen molar-refractivity contribution in [3.05, 3.63) is 11.6 Å². The summed E-state index contributed by atoms with van der Waals surface area (Å²) >= 11 is 0. The van der Waals surface area contributed by atoms with Gasteiger partial charge >= 0.3 is 5.97 Å². The number of hydrogen-bond acceptors (Lipinski definition) is 3. The minimum Gasteiger partial charge on any atom is -0.481 e. The summed E-state index contributed by atoms with van der Waals surface area (Å²) in [6.07, 6.45) is 9.25. The van der Waals surface area contributed by atoms with Gasteiger partial charge in [-0.15, -0.1) is 0 Å². The number of fused-ring (bicyclic) bond motifs is 5. The standard InChI is InChI=1S/C23H32O4/c1-14(24)23(13-20(26)27)11-8-19-17-5-4-15-12-16(25)6-9-21(15,2)18(17)7-10-22(19,23)3/h12,17-19H,4-11,13H2,1-3H3,(H,26,27)/t17-,18+,19+,21+,22+,23-/m1/s1. The van der Waals surface area contributed by atoms with E-state index in [2.05, 4.69) is 13.8 Å². The first-order valence-electron chi connectivity index (χ1n) is 10.6. The van der Waals surface area contributed by atoms with E-state index in [0.717, 1.165) is 44.9 Å². The molecule has 0 spiro atoms. The molecule has 0 heterocycles. The Balaban J connectivity index is 1.70. The van der Waals surface area contributed by atoms with Crippen molar-refractivity contribution in [2.75, 3.05) is 0 Å². The summed E-state index contributed by atoms with van der Waals surface area (Å²) < 4.78 is 0. The second-order valence-corrected chi connectivity index (χ2v) is 10.2. The highest BCUT2D eigenvalue weighted by Crippen LogP contribution is 2.70. The molecule has 4 heteroatoms. The van der Waals surface area contributed by atoms with Gasteiger partial charge < -0.3 is 5.11 Å². The van der Waals surface area contributed by atoms with Crippen LogP contribution in [0.15, 0.2) is 11.6 Å². The van der Waals surface area contributed by atoms with Gasteiger partial charge in [-0.05, 0) is 86.5 Å². The van der Waals surface area contributed by atoms with Crippen LogP contribution in [0, 0.1) is 34.0 Å². The highest BCUT2D eigenvalue weighted by Gasteiger charge is 2.66. The van der Waals surface area contributed by atoms with Crippen molar-refractivity contribution in [2.45, 2.75) is 78.6 Å². The van der Waals surface area contributed by atoms with Crippen LogP contribution in [0.3, 0.4) is 0 Å². The predicted octanol–water partition coefficient (Wildman–Crippen LogP) is 4.57. The first-order valence-corrected chi connectivity index (χ1v) is 10.6. The lowest BCUT2D eigenvalue weighted by Gasteiger charge is -2.59. The first-order chi connectivity index (χ1) is 12.6. The van der Waals surface area contributed by atoms with Gasteiger partial charge in [-0.3, -0.25) is 14.4 Å². The van der Waals surface area contributed by atoms with Gasteiger partial charge in [-0.2, -0.15) is 0 Å². The van der Waals surface area contributed by atoms with Crippen LogP contribution >= 0.6 is 0 Å². The summed E-state index contributed by atoms with van der Waals surface area (Å²) in [5, 5.41) is 9.55. The van der Waals surface area contributed by atoms with E-state index in [1.807, 2.05) is 6.08 Å². The molecule has 4 aliphatic rings. The van der Waals surface area contributed by atoms with E-state index in [1.54, 1.807) is 6.92 Å². The normalized spacial score (nSPS) is 46.1. The number of carbonyl (C=O) groups is 3. The zero-order chi connectivity index (χ0) is 19.6. The first kappa shape index (κ1) is 18.9. The Hall–Kier alpha value is -1.45. The van der Waals surface area contributed by atoms with Crippen LogP contribution in [0.5, 0.6) is 0 Å². The minimum absolute atomic E-state index is 0.0242. The maximum atomic E-state index is 12.7. The number of ketones is 2. The van der Waals surface area contributed by atoms with E-state index < -0.39 is 11.4 Å². The Bertz CT molecular complexity index is 737. The van der Waals surface area contributed by atoms with Crippen LogP contribution in [0.1, 0.15) is 78.6 Å². The molecule has 6 atom stereocenters. The van der Waals surface area contributed by atoms with Crippen LogP contribution in [0.2, 0.25) is 0 Å². The fourth-order valence-electron chi connectivity index (χ4n) is 7.94. The van der Waals surface area contributed by atoms with Crippen molar-refractivity contribution in [2.24, 2.45) is 34.0 Å². The molecule has 0 bridgehead atoms. The molecule has 0 aromatic heterocycles. The van der Waals surface area contributed by atoms with Crippen molar-refractivity contribution in [3.63, 3.8) is 0 Å². The predicted molar refractivity (Wildman–Crippen MR) is 102 cm³/mol. The maximum Gasteiger partial charge on any atom is 0.304 e. The third-order valence-electron chi connectivity index (χ3n) is 9.45. The molecule has 27 heavy (non-hydrogen) atoms. The largest absolute Gasteiger partial charge is 0.481 e. The number of carboxylic acids is 1. The number of allylic oxidation sites excluding steroid dienone is 1. The van der Waals surface area contributed by atoms with Crippen molar-refractivity contribution < 1.29 is 19.5 Å². The molecule has 0 unspecified atom stereocenters. The quantitative estimate of drug-likeness (QED) is 0.788. The third kappa shape index (κ3) is 2.44. The lowest BCUT2D eigenvalue weighted by atomic mass is 9.44. The van der Waals surface area contributed by atoms with E-state index in [-0.39, 0.29) is 28.8 Å². The molecular weight excluding hydrogens is 340 g/mol. The van der Waals surface area contributed by atoms with Crippen LogP contribution in [0.25, 0.3) is 0 Å². The van der Waals surface area contributed by atoms with E-state index >= 15 is 0 Å². The van der Waals surface area contributed by atoms with Gasteiger partial charge in [0.15, 0.2) is 5.78 Å². The summed E-state index contributed by atoms with van der Waals surface area (Å²) in [7, 11) is 0. The molecule has 0 aliphatic heterocycles. The Morgan fingerprint density at radius 3 is 2.44 bits per heavy atom. The van der Waals surface area contributed by atoms with Crippen molar-refractivity contribution in [1.29, 1.82) is 0 Å². The lowest BCUT2D eigenvalue weighted by molar-refractivity contribution is -0.154. The highest BCUT2D eigenvalue weighted by molar-refractivity contribution is 5.91. The Kier molecular flexibility index (Phi) is 4.21. The van der Waals surface area contributed by atoms with Crippen molar-refractivity contribution in [3.8, 4) is 0 Å². The molecule has 4 rings (SSSR count). The molecule has 3 fully saturated rings. The van der Waals surface area contributed by atoms with Crippen LogP contribution in [-0.2, 0) is 14.4 Å². The Morgan fingerprint density at radius 1 is 1.07 bits per heavy atom. The van der Waals surface area contributed by atoms with E-state index in [1.165, 1.54) is 5.57 Å². The SMILES string of the molecule is CC(=O)[C@]1(CC(=O)O)CC[C@H]2[C@@H]3CCC4=CC(=O)CC[C@]4(C)[C@H]3CC[C@@]21C. The molecule has 4 aliphatic carbocycles. The number of carbonyl (C=O) groups excluding carboxylic acids is 2. The third-order valence-corrected chi connectivity index (χ3v) is 9.45. The van der Waals surface area contributed by atoms with E-state index in [4.69, 9.17) is 0 Å². The summed E-state index contributed by atoms with van der Waals surface area (Å²) in [5.41, 5.74) is 0.561. The van der Waals surface area contributed by atoms with Crippen molar-refractivity contribution >= 4 is 17.5 Å². The fraction of sp³-hybridized carbons (Fsp3) is 0.783. The number of rotatable bonds is 3. The minimum atomic E-state index is -0.846. The molecule has 0 amide bonds. The molecular formula is C23H32O4. The van der Waals surface area contributed by atoms with Gasteiger partial charge in [0.2, 0.25) is 0 Å². The molecule has 0 saturated heterocycles. The molecule has 148 valence electrons. The zero-order valence-electron chi connectivity index (χ0n) is 16.8. The second kappa shape index (κ2) is 6.02. The Labute approximate surface area is 161 Å². The second-order valence-electron chi connectivity index (χ2n) is 10.2. The van der Waals surface area contributed by atoms with Gasteiger partial charge in [0, 0.05) is 11.8 Å². The molecule has 0 radical (unpaired) electrons. The van der Waals surface area contributed by atoms with Gasteiger partial charge in [-0.1, -0.05) is 19.4 Å². The Morgan fingerprint density at radius 2 is 1.78 bits per heavy atom. The lowest BCUT2D eigenvalue weighted by Crippen LogP contribution is -2.54. The smallest absolute Gasteiger partial charge is 0.304 e. The van der Waals surface area contributed by atoms with Gasteiger partial charge in [0.1, 0.15) is 5.78 Å². The van der Waals surface area contributed by atoms with Crippen LogP contribution < -0.4 is 0 Å². The van der Waals surface area contributed by atoms with Crippen LogP contribution in [0.4, 0.5) is 0 Å². The summed E-state index contributed by atoms with van der Waals surface area (Å²) in [6.45, 7) is 6.18. The fourth-order valence-corrected chi connectivity index (χ4v) is 7.94. The number of Topliss-reactive ketones (excluding diaryl/α,β-unsaturated/α-hetero) is 1. The molecule has 0 aromatic carbocycles. The average Bonchev–Trinajstić information content (AvgIpc) is 2.89. The number of hydrogen-bond donors (Lipinski definition) is 1. The molecule has 0 aromatic rings. The average molecular weight is 373 g/mol. The molecule has 3 saturated carbocycles. The monoisotopic (exact) mass is 372 g/mol. The van der Waals surface area contributed by atoms with Gasteiger partial charge in [0.05, 0.1) is 6.42 Å². The molecule has 4 nitrogen and oxygen atoms in total. The summed E-state index contributed by atoms with van der Waals surface area (Å²) in [5.74, 6) is 1.04. The van der Waals surface area contributed by atoms with E-state index in [0.29, 0.717) is 24.2 Å². The van der Waals surface area contributed by atoms with Gasteiger partial charge in [0.25, 0.3) is 0 Å². The van der Waals surface area contributed by atoms with Gasteiger partial charge in [-0.25, -0.2) is 0 Å². The number of carboxylic acid groups (broad SMARTS) is 1. The topological polar surface area (TPSA) is 71.4 Å². The highest BCUT2D eigenvalue weighted by atomic mass is 16.4. The number of aliphatic carboxylic acids is 1. The van der Waals surface area contributed by atoms with E-state index in [9.17, 15) is 19.5 Å². The summed E-state index contributed by atoms with van der Waals surface area (Å²) in [4.78, 5) is 36.3. The maximum absolute atomic E-state index is 12.7.